The molecule has 0 aliphatic carbocycles. The smallest absolute Gasteiger partial charge is 0.220 e. The van der Waals surface area contributed by atoms with Gasteiger partial charge in [-0.1, -0.05) is 32.0 Å². The SMILES string of the molecule is CC(C)C[C@@H](CNC(=O)CCc1cc2ccccc2o1)N1CCOCC1. The third-order valence-corrected chi connectivity index (χ3v) is 4.92. The first kappa shape index (κ1) is 18.9. The zero-order valence-electron chi connectivity index (χ0n) is 15.9. The molecule has 142 valence electrons. The molecule has 0 unspecified atom stereocenters. The van der Waals surface area contributed by atoms with E-state index in [1.54, 1.807) is 0 Å². The molecule has 5 nitrogen and oxygen atoms in total. The summed E-state index contributed by atoms with van der Waals surface area (Å²) in [5.41, 5.74) is 0.882. The number of amides is 1. The molecule has 3 rings (SSSR count). The molecule has 0 radical (unpaired) electrons. The maximum atomic E-state index is 12.3. The number of benzene rings is 1. The fraction of sp³-hybridized carbons (Fsp3) is 0.571. The fourth-order valence-corrected chi connectivity index (χ4v) is 3.57. The Kier molecular flexibility index (Phi) is 6.69. The van der Waals surface area contributed by atoms with Gasteiger partial charge in [0.15, 0.2) is 0 Å². The van der Waals surface area contributed by atoms with Crippen molar-refractivity contribution in [3.05, 3.63) is 36.1 Å². The highest BCUT2D eigenvalue weighted by molar-refractivity contribution is 5.78. The minimum atomic E-state index is 0.0903. The van der Waals surface area contributed by atoms with Gasteiger partial charge in [-0.25, -0.2) is 0 Å². The standard InChI is InChI=1S/C21H30N2O3/c1-16(2)13-18(23-9-11-25-12-10-23)15-22-21(24)8-7-19-14-17-5-3-4-6-20(17)26-19/h3-6,14,16,18H,7-13,15H2,1-2H3,(H,22,24)/t18-/m0/s1. The Bertz CT molecular complexity index is 671. The predicted molar refractivity (Wildman–Crippen MR) is 103 cm³/mol. The van der Waals surface area contributed by atoms with Crippen molar-refractivity contribution in [1.82, 2.24) is 10.2 Å². The van der Waals surface area contributed by atoms with Crippen LogP contribution in [0.25, 0.3) is 11.0 Å². The number of carbonyl (C=O) groups is 1. The number of morpholine rings is 1. The van der Waals surface area contributed by atoms with Crippen molar-refractivity contribution in [2.24, 2.45) is 5.92 Å². The molecule has 2 heterocycles. The number of aryl methyl sites for hydroxylation is 1. The van der Waals surface area contributed by atoms with Gasteiger partial charge in [0.25, 0.3) is 0 Å². The fourth-order valence-electron chi connectivity index (χ4n) is 3.57. The number of ether oxygens (including phenoxy) is 1. The largest absolute Gasteiger partial charge is 0.461 e. The predicted octanol–water partition coefficient (Wildman–Crippen LogP) is 3.23. The number of carbonyl (C=O) groups excluding carboxylic acids is 1. The average Bonchev–Trinajstić information content (AvgIpc) is 3.07. The summed E-state index contributed by atoms with van der Waals surface area (Å²) in [5, 5.41) is 4.22. The lowest BCUT2D eigenvalue weighted by molar-refractivity contribution is -0.121. The van der Waals surface area contributed by atoms with Crippen LogP contribution in [-0.4, -0.2) is 49.7 Å². The topological polar surface area (TPSA) is 54.7 Å². The average molecular weight is 358 g/mol. The molecule has 1 aromatic heterocycles. The Balaban J connectivity index is 1.47. The highest BCUT2D eigenvalue weighted by atomic mass is 16.5. The molecule has 1 saturated heterocycles. The van der Waals surface area contributed by atoms with Gasteiger partial charge < -0.3 is 14.5 Å². The van der Waals surface area contributed by atoms with Gasteiger partial charge in [0.05, 0.1) is 13.2 Å². The van der Waals surface area contributed by atoms with Gasteiger partial charge in [-0.2, -0.15) is 0 Å². The number of hydrogen-bond donors (Lipinski definition) is 1. The molecule has 1 aliphatic heterocycles. The van der Waals surface area contributed by atoms with Crippen LogP contribution in [-0.2, 0) is 16.0 Å². The molecule has 0 bridgehead atoms. The van der Waals surface area contributed by atoms with Gasteiger partial charge in [0.1, 0.15) is 11.3 Å². The Morgan fingerprint density at radius 2 is 2.00 bits per heavy atom. The van der Waals surface area contributed by atoms with Crippen LogP contribution >= 0.6 is 0 Å². The van der Waals surface area contributed by atoms with Crippen LogP contribution < -0.4 is 5.32 Å². The molecular formula is C21H30N2O3. The first-order chi connectivity index (χ1) is 12.6. The summed E-state index contributed by atoms with van der Waals surface area (Å²) in [5.74, 6) is 1.57. The zero-order chi connectivity index (χ0) is 18.4. The lowest BCUT2D eigenvalue weighted by atomic mass is 10.0. The van der Waals surface area contributed by atoms with Gasteiger partial charge in [0.2, 0.25) is 5.91 Å². The number of hydrogen-bond acceptors (Lipinski definition) is 4. The van der Waals surface area contributed by atoms with Gasteiger partial charge in [-0.3, -0.25) is 9.69 Å². The number of fused-ring (bicyclic) bond motifs is 1. The van der Waals surface area contributed by atoms with E-state index in [1.807, 2.05) is 30.3 Å². The summed E-state index contributed by atoms with van der Waals surface area (Å²) < 4.78 is 11.2. The quantitative estimate of drug-likeness (QED) is 0.787. The van der Waals surface area contributed by atoms with Crippen LogP contribution in [0.3, 0.4) is 0 Å². The van der Waals surface area contributed by atoms with Gasteiger partial charge >= 0.3 is 0 Å². The summed E-state index contributed by atoms with van der Waals surface area (Å²) in [4.78, 5) is 14.8. The lowest BCUT2D eigenvalue weighted by Crippen LogP contribution is -2.49. The first-order valence-electron chi connectivity index (χ1n) is 9.68. The molecule has 0 spiro atoms. The molecule has 1 aliphatic rings. The minimum Gasteiger partial charge on any atom is -0.461 e. The van der Waals surface area contributed by atoms with Crippen molar-refractivity contribution in [3.8, 4) is 0 Å². The molecule has 1 amide bonds. The zero-order valence-corrected chi connectivity index (χ0v) is 15.9. The van der Waals surface area contributed by atoms with Crippen molar-refractivity contribution in [1.29, 1.82) is 0 Å². The molecule has 1 atom stereocenters. The molecular weight excluding hydrogens is 328 g/mol. The van der Waals surface area contributed by atoms with Crippen molar-refractivity contribution >= 4 is 16.9 Å². The van der Waals surface area contributed by atoms with E-state index in [2.05, 4.69) is 24.1 Å². The highest BCUT2D eigenvalue weighted by Gasteiger charge is 2.22. The number of furan rings is 1. The summed E-state index contributed by atoms with van der Waals surface area (Å²) >= 11 is 0. The van der Waals surface area contributed by atoms with E-state index in [4.69, 9.17) is 9.15 Å². The van der Waals surface area contributed by atoms with Crippen LogP contribution in [0.5, 0.6) is 0 Å². The second-order valence-electron chi connectivity index (χ2n) is 7.49. The minimum absolute atomic E-state index is 0.0903. The highest BCUT2D eigenvalue weighted by Crippen LogP contribution is 2.19. The molecule has 5 heteroatoms. The number of rotatable bonds is 8. The van der Waals surface area contributed by atoms with Crippen molar-refractivity contribution in [2.45, 2.75) is 39.2 Å². The number of para-hydroxylation sites is 1. The molecule has 2 aromatic rings. The lowest BCUT2D eigenvalue weighted by Gasteiger charge is -2.35. The van der Waals surface area contributed by atoms with Crippen molar-refractivity contribution < 1.29 is 13.9 Å². The van der Waals surface area contributed by atoms with E-state index in [9.17, 15) is 4.79 Å². The number of nitrogens with one attached hydrogen (secondary N) is 1. The normalized spacial score (nSPS) is 16.9. The van der Waals surface area contributed by atoms with Gasteiger partial charge in [-0.05, 0) is 24.5 Å². The Labute approximate surface area is 155 Å². The Morgan fingerprint density at radius 3 is 2.73 bits per heavy atom. The molecule has 1 N–H and O–H groups in total. The number of nitrogens with zero attached hydrogens (tertiary/aromatic N) is 1. The monoisotopic (exact) mass is 358 g/mol. The maximum Gasteiger partial charge on any atom is 0.220 e. The first-order valence-corrected chi connectivity index (χ1v) is 9.68. The van der Waals surface area contributed by atoms with E-state index in [-0.39, 0.29) is 5.91 Å². The molecule has 1 fully saturated rings. The van der Waals surface area contributed by atoms with E-state index in [0.29, 0.717) is 31.3 Å². The Morgan fingerprint density at radius 1 is 1.23 bits per heavy atom. The van der Waals surface area contributed by atoms with E-state index in [0.717, 1.165) is 49.5 Å². The summed E-state index contributed by atoms with van der Waals surface area (Å²) in [6.07, 6.45) is 2.17. The third kappa shape index (κ3) is 5.32. The summed E-state index contributed by atoms with van der Waals surface area (Å²) in [6.45, 7) is 8.65. The summed E-state index contributed by atoms with van der Waals surface area (Å²) in [6, 6.07) is 10.4. The van der Waals surface area contributed by atoms with Crippen LogP contribution in [0.4, 0.5) is 0 Å². The van der Waals surface area contributed by atoms with Crippen molar-refractivity contribution in [2.75, 3.05) is 32.8 Å². The second kappa shape index (κ2) is 9.19. The molecule has 1 aromatic carbocycles. The maximum absolute atomic E-state index is 12.3. The van der Waals surface area contributed by atoms with Crippen LogP contribution in [0, 0.1) is 5.92 Å². The summed E-state index contributed by atoms with van der Waals surface area (Å²) in [7, 11) is 0. The Hall–Kier alpha value is -1.85. The third-order valence-electron chi connectivity index (χ3n) is 4.92. The van der Waals surface area contributed by atoms with Gasteiger partial charge in [0, 0.05) is 43.9 Å². The molecule has 26 heavy (non-hydrogen) atoms. The van der Waals surface area contributed by atoms with Crippen molar-refractivity contribution in [3.63, 3.8) is 0 Å². The van der Waals surface area contributed by atoms with Crippen LogP contribution in [0.2, 0.25) is 0 Å². The van der Waals surface area contributed by atoms with E-state index < -0.39 is 0 Å². The van der Waals surface area contributed by atoms with Crippen LogP contribution in [0.15, 0.2) is 34.7 Å². The van der Waals surface area contributed by atoms with Crippen LogP contribution in [0.1, 0.15) is 32.4 Å². The molecule has 0 saturated carbocycles. The second-order valence-corrected chi connectivity index (χ2v) is 7.49. The van der Waals surface area contributed by atoms with Gasteiger partial charge in [-0.15, -0.1) is 0 Å². The van der Waals surface area contributed by atoms with E-state index >= 15 is 0 Å². The van der Waals surface area contributed by atoms with E-state index in [1.165, 1.54) is 0 Å².